The largest absolute Gasteiger partial charge is 0.497 e. The van der Waals surface area contributed by atoms with Gasteiger partial charge >= 0.3 is 0 Å². The van der Waals surface area contributed by atoms with E-state index in [2.05, 4.69) is 0 Å². The molecule has 0 N–H and O–H groups in total. The van der Waals surface area contributed by atoms with Crippen LogP contribution in [0.25, 0.3) is 0 Å². The zero-order chi connectivity index (χ0) is 18.7. The van der Waals surface area contributed by atoms with Gasteiger partial charge in [0.2, 0.25) is 11.8 Å². The molecule has 2 aromatic carbocycles. The molecule has 2 amide bonds. The van der Waals surface area contributed by atoms with Gasteiger partial charge < -0.3 is 19.3 Å². The minimum Gasteiger partial charge on any atom is -0.497 e. The predicted octanol–water partition coefficient (Wildman–Crippen LogP) is 2.72. The molecule has 6 nitrogen and oxygen atoms in total. The molecule has 0 saturated carbocycles. The van der Waals surface area contributed by atoms with Crippen LogP contribution in [0.15, 0.2) is 48.5 Å². The summed E-state index contributed by atoms with van der Waals surface area (Å²) in [5.74, 6) is 0.642. The smallest absolute Gasteiger partial charge is 0.232 e. The number of carbonyl (C=O) groups excluding carboxylic acids is 2. The maximum atomic E-state index is 12.8. The topological polar surface area (TPSA) is 59.1 Å². The molecule has 1 fully saturated rings. The Morgan fingerprint density at radius 2 is 1.85 bits per heavy atom. The Balaban J connectivity index is 1.80. The van der Waals surface area contributed by atoms with E-state index >= 15 is 0 Å². The lowest BCUT2D eigenvalue weighted by molar-refractivity contribution is -0.124. The van der Waals surface area contributed by atoms with Crippen molar-refractivity contribution in [1.82, 2.24) is 0 Å². The number of benzene rings is 2. The second-order valence-corrected chi connectivity index (χ2v) is 6.18. The number of methoxy groups -OCH3 is 2. The van der Waals surface area contributed by atoms with Crippen molar-refractivity contribution in [2.45, 2.75) is 6.42 Å². The van der Waals surface area contributed by atoms with E-state index in [9.17, 15) is 9.59 Å². The van der Waals surface area contributed by atoms with Crippen LogP contribution in [0.5, 0.6) is 11.5 Å². The van der Waals surface area contributed by atoms with Crippen molar-refractivity contribution in [3.8, 4) is 11.5 Å². The Kier molecular flexibility index (Phi) is 5.11. The van der Waals surface area contributed by atoms with Crippen LogP contribution >= 0.6 is 0 Å². The third-order valence-electron chi connectivity index (χ3n) is 4.63. The van der Waals surface area contributed by atoms with Gasteiger partial charge in [0.25, 0.3) is 0 Å². The molecule has 1 aliphatic rings. The number of hydrogen-bond acceptors (Lipinski definition) is 4. The Labute approximate surface area is 152 Å². The first-order valence-electron chi connectivity index (χ1n) is 8.40. The minimum atomic E-state index is -0.389. The molecule has 3 rings (SSSR count). The molecule has 1 atom stereocenters. The highest BCUT2D eigenvalue weighted by atomic mass is 16.5. The normalized spacial score (nSPS) is 16.5. The van der Waals surface area contributed by atoms with Gasteiger partial charge in [-0.15, -0.1) is 0 Å². The summed E-state index contributed by atoms with van der Waals surface area (Å²) in [4.78, 5) is 28.6. The lowest BCUT2D eigenvalue weighted by Gasteiger charge is -2.22. The second kappa shape index (κ2) is 7.47. The zero-order valence-electron chi connectivity index (χ0n) is 15.1. The number of carbonyl (C=O) groups is 2. The van der Waals surface area contributed by atoms with Crippen LogP contribution in [0.1, 0.15) is 6.42 Å². The minimum absolute atomic E-state index is 0.0699. The summed E-state index contributed by atoms with van der Waals surface area (Å²) < 4.78 is 10.6. The van der Waals surface area contributed by atoms with E-state index < -0.39 is 0 Å². The highest BCUT2D eigenvalue weighted by Crippen LogP contribution is 2.36. The van der Waals surface area contributed by atoms with E-state index in [1.807, 2.05) is 30.3 Å². The van der Waals surface area contributed by atoms with Gasteiger partial charge in [-0.1, -0.05) is 18.2 Å². The molecule has 0 unspecified atom stereocenters. The number of para-hydroxylation sites is 1. The molecule has 0 radical (unpaired) electrons. The zero-order valence-corrected chi connectivity index (χ0v) is 15.1. The van der Waals surface area contributed by atoms with Crippen LogP contribution < -0.4 is 19.3 Å². The van der Waals surface area contributed by atoms with Crippen LogP contribution in [-0.4, -0.2) is 39.6 Å². The molecule has 6 heteroatoms. The molecule has 1 heterocycles. The van der Waals surface area contributed by atoms with Gasteiger partial charge in [-0.05, 0) is 24.3 Å². The second-order valence-electron chi connectivity index (χ2n) is 6.18. The van der Waals surface area contributed by atoms with Crippen LogP contribution in [0, 0.1) is 5.92 Å². The quantitative estimate of drug-likeness (QED) is 0.828. The maximum Gasteiger partial charge on any atom is 0.232 e. The molecular weight excluding hydrogens is 332 g/mol. The Morgan fingerprint density at radius 3 is 2.50 bits per heavy atom. The predicted molar refractivity (Wildman–Crippen MR) is 99.9 cm³/mol. The first-order chi connectivity index (χ1) is 12.5. The number of rotatable bonds is 5. The first kappa shape index (κ1) is 17.8. The van der Waals surface area contributed by atoms with Crippen LogP contribution in [0.4, 0.5) is 11.4 Å². The fourth-order valence-electron chi connectivity index (χ4n) is 3.17. The van der Waals surface area contributed by atoms with E-state index in [1.54, 1.807) is 49.3 Å². The average Bonchev–Trinajstić information content (AvgIpc) is 3.08. The average molecular weight is 354 g/mol. The molecule has 1 aliphatic heterocycles. The van der Waals surface area contributed by atoms with Gasteiger partial charge in [-0.3, -0.25) is 9.59 Å². The summed E-state index contributed by atoms with van der Waals surface area (Å²) in [5.41, 5.74) is 1.46. The summed E-state index contributed by atoms with van der Waals surface area (Å²) in [6.07, 6.45) is 0.186. The summed E-state index contributed by atoms with van der Waals surface area (Å²) in [7, 11) is 4.85. The van der Waals surface area contributed by atoms with Crippen molar-refractivity contribution in [2.75, 3.05) is 37.6 Å². The summed E-state index contributed by atoms with van der Waals surface area (Å²) in [6, 6.07) is 14.7. The summed E-state index contributed by atoms with van der Waals surface area (Å²) in [5, 5.41) is 0. The monoisotopic (exact) mass is 354 g/mol. The van der Waals surface area contributed by atoms with Crippen LogP contribution in [0.3, 0.4) is 0 Å². The summed E-state index contributed by atoms with van der Waals surface area (Å²) in [6.45, 7) is 0.331. The van der Waals surface area contributed by atoms with Gasteiger partial charge in [-0.25, -0.2) is 0 Å². The van der Waals surface area contributed by atoms with Gasteiger partial charge in [0.1, 0.15) is 11.5 Å². The number of ether oxygens (including phenoxy) is 2. The van der Waals surface area contributed by atoms with Gasteiger partial charge in [-0.2, -0.15) is 0 Å². The third kappa shape index (κ3) is 3.35. The number of amides is 2. The molecule has 1 saturated heterocycles. The number of anilines is 2. The molecule has 0 spiro atoms. The van der Waals surface area contributed by atoms with E-state index in [-0.39, 0.29) is 24.2 Å². The molecule has 0 bridgehead atoms. The van der Waals surface area contributed by atoms with Crippen molar-refractivity contribution in [1.29, 1.82) is 0 Å². The molecular formula is C20H22N2O4. The lowest BCUT2D eigenvalue weighted by Crippen LogP contribution is -2.34. The highest BCUT2D eigenvalue weighted by Gasteiger charge is 2.37. The lowest BCUT2D eigenvalue weighted by atomic mass is 10.1. The Bertz CT molecular complexity index is 807. The third-order valence-corrected chi connectivity index (χ3v) is 4.63. The van der Waals surface area contributed by atoms with Gasteiger partial charge in [0.15, 0.2) is 0 Å². The highest BCUT2D eigenvalue weighted by molar-refractivity contribution is 6.04. The van der Waals surface area contributed by atoms with E-state index in [4.69, 9.17) is 9.47 Å². The first-order valence-corrected chi connectivity index (χ1v) is 8.40. The van der Waals surface area contributed by atoms with Gasteiger partial charge in [0.05, 0.1) is 25.8 Å². The molecule has 0 aromatic heterocycles. The van der Waals surface area contributed by atoms with Gasteiger partial charge in [0, 0.05) is 31.8 Å². The van der Waals surface area contributed by atoms with E-state index in [0.29, 0.717) is 23.7 Å². The number of nitrogens with zero attached hydrogens (tertiary/aromatic N) is 2. The van der Waals surface area contributed by atoms with E-state index in [0.717, 1.165) is 5.69 Å². The van der Waals surface area contributed by atoms with Crippen molar-refractivity contribution in [2.24, 2.45) is 5.92 Å². The Morgan fingerprint density at radius 1 is 1.12 bits per heavy atom. The van der Waals surface area contributed by atoms with Crippen molar-refractivity contribution in [3.63, 3.8) is 0 Å². The van der Waals surface area contributed by atoms with Crippen LogP contribution in [-0.2, 0) is 9.59 Å². The van der Waals surface area contributed by atoms with Crippen LogP contribution in [0.2, 0.25) is 0 Å². The molecule has 0 aliphatic carbocycles. The molecule has 136 valence electrons. The van der Waals surface area contributed by atoms with Crippen molar-refractivity contribution >= 4 is 23.2 Å². The Hall–Kier alpha value is -3.02. The number of hydrogen-bond donors (Lipinski definition) is 0. The van der Waals surface area contributed by atoms with Crippen molar-refractivity contribution in [3.05, 3.63) is 48.5 Å². The summed E-state index contributed by atoms with van der Waals surface area (Å²) >= 11 is 0. The van der Waals surface area contributed by atoms with E-state index in [1.165, 1.54) is 0 Å². The molecule has 2 aromatic rings. The maximum absolute atomic E-state index is 12.8. The fourth-order valence-corrected chi connectivity index (χ4v) is 3.17. The standard InChI is InChI=1S/C20H22N2O4/c1-21(15-7-5-4-6-8-15)20(24)14-11-19(23)22(13-14)17-10-9-16(25-2)12-18(17)26-3/h4-10,12,14H,11,13H2,1-3H3/t14-/m0/s1. The van der Waals surface area contributed by atoms with Crippen molar-refractivity contribution < 1.29 is 19.1 Å². The fraction of sp³-hybridized carbons (Fsp3) is 0.300. The SMILES string of the molecule is COc1ccc(N2C[C@@H](C(=O)N(C)c3ccccc3)CC2=O)c(OC)c1. The molecule has 26 heavy (non-hydrogen) atoms.